The Hall–Kier alpha value is -4.47. The van der Waals surface area contributed by atoms with Crippen LogP contribution in [0.5, 0.6) is 0 Å². The molecule has 30 heavy (non-hydrogen) atoms. The van der Waals surface area contributed by atoms with Crippen molar-refractivity contribution >= 4 is 5.82 Å². The molecular formula is C20H13FN8O. The number of anilines is 1. The van der Waals surface area contributed by atoms with E-state index in [4.69, 9.17) is 10.3 Å². The van der Waals surface area contributed by atoms with Crippen LogP contribution in [-0.2, 0) is 0 Å². The molecule has 0 saturated carbocycles. The lowest BCUT2D eigenvalue weighted by atomic mass is 10.1. The average molecular weight is 400 g/mol. The van der Waals surface area contributed by atoms with Crippen molar-refractivity contribution in [1.29, 1.82) is 0 Å². The molecule has 4 heterocycles. The van der Waals surface area contributed by atoms with E-state index >= 15 is 0 Å². The predicted molar refractivity (Wildman–Crippen MR) is 105 cm³/mol. The van der Waals surface area contributed by atoms with Gasteiger partial charge < -0.3 is 10.3 Å². The smallest absolute Gasteiger partial charge is 0.281 e. The first kappa shape index (κ1) is 17.6. The van der Waals surface area contributed by atoms with E-state index in [-0.39, 0.29) is 11.6 Å². The third kappa shape index (κ3) is 3.05. The molecule has 5 aromatic rings. The van der Waals surface area contributed by atoms with Crippen molar-refractivity contribution in [3.8, 4) is 39.9 Å². The van der Waals surface area contributed by atoms with Crippen molar-refractivity contribution in [3.63, 3.8) is 0 Å². The number of aromatic nitrogens is 7. The molecule has 0 bridgehead atoms. The van der Waals surface area contributed by atoms with Gasteiger partial charge in [-0.25, -0.2) is 14.1 Å². The number of pyridine rings is 2. The Morgan fingerprint density at radius 2 is 1.80 bits per heavy atom. The highest BCUT2D eigenvalue weighted by atomic mass is 19.1. The number of para-hydroxylation sites is 1. The summed E-state index contributed by atoms with van der Waals surface area (Å²) in [6, 6.07) is 13.2. The number of hydrogen-bond donors (Lipinski definition) is 1. The fourth-order valence-corrected chi connectivity index (χ4v) is 2.96. The van der Waals surface area contributed by atoms with Crippen molar-refractivity contribution in [3.05, 3.63) is 72.9 Å². The standard InChI is InChI=1S/C20H13FN8O/c21-14-3-1-2-4-15(14)29-18(12-7-9-23-10-8-12)17(26-28-29)20-25-19(27-30-20)13-5-6-16(22)24-11-13/h1-11H,(H2,22,24). The number of nitrogen functional groups attached to an aromatic ring is 1. The van der Waals surface area contributed by atoms with Crippen LogP contribution in [0.2, 0.25) is 0 Å². The van der Waals surface area contributed by atoms with Crippen LogP contribution in [0.15, 0.2) is 71.6 Å². The monoisotopic (exact) mass is 400 g/mol. The van der Waals surface area contributed by atoms with Gasteiger partial charge in [0.15, 0.2) is 5.69 Å². The molecule has 0 saturated heterocycles. The SMILES string of the molecule is Nc1ccc(-c2noc(-c3nnn(-c4ccccc4F)c3-c3ccncc3)n2)cn1. The lowest BCUT2D eigenvalue weighted by molar-refractivity contribution is 0.431. The normalized spacial score (nSPS) is 11.0. The predicted octanol–water partition coefficient (Wildman–Crippen LogP) is 3.16. The number of hydrogen-bond acceptors (Lipinski definition) is 8. The summed E-state index contributed by atoms with van der Waals surface area (Å²) in [5.74, 6) is 0.397. The first-order valence-corrected chi connectivity index (χ1v) is 8.87. The van der Waals surface area contributed by atoms with Gasteiger partial charge >= 0.3 is 0 Å². The van der Waals surface area contributed by atoms with E-state index in [9.17, 15) is 4.39 Å². The summed E-state index contributed by atoms with van der Waals surface area (Å²) in [5, 5.41) is 12.3. The van der Waals surface area contributed by atoms with Gasteiger partial charge in [-0.2, -0.15) is 4.98 Å². The lowest BCUT2D eigenvalue weighted by Crippen LogP contribution is -2.02. The van der Waals surface area contributed by atoms with Gasteiger partial charge in [0.05, 0.1) is 0 Å². The molecule has 4 aromatic heterocycles. The average Bonchev–Trinajstić information content (AvgIpc) is 3.43. The van der Waals surface area contributed by atoms with Crippen LogP contribution in [0.4, 0.5) is 10.2 Å². The van der Waals surface area contributed by atoms with Crippen LogP contribution in [0.1, 0.15) is 0 Å². The molecule has 146 valence electrons. The van der Waals surface area contributed by atoms with Gasteiger partial charge in [0.25, 0.3) is 5.89 Å². The minimum atomic E-state index is -0.441. The molecule has 0 fully saturated rings. The molecule has 1 aromatic carbocycles. The van der Waals surface area contributed by atoms with Gasteiger partial charge in [-0.1, -0.05) is 22.5 Å². The first-order chi connectivity index (χ1) is 14.7. The van der Waals surface area contributed by atoms with E-state index in [1.54, 1.807) is 61.1 Å². The van der Waals surface area contributed by atoms with Crippen LogP contribution in [0, 0.1) is 5.82 Å². The molecule has 10 heteroatoms. The summed E-state index contributed by atoms with van der Waals surface area (Å²) in [6.07, 6.45) is 4.79. The molecule has 0 unspecified atom stereocenters. The van der Waals surface area contributed by atoms with Crippen molar-refractivity contribution in [2.45, 2.75) is 0 Å². The molecule has 9 nitrogen and oxygen atoms in total. The van der Waals surface area contributed by atoms with E-state index in [0.29, 0.717) is 34.2 Å². The highest BCUT2D eigenvalue weighted by Gasteiger charge is 2.24. The summed E-state index contributed by atoms with van der Waals surface area (Å²) in [4.78, 5) is 12.5. The van der Waals surface area contributed by atoms with Crippen molar-refractivity contribution < 1.29 is 8.91 Å². The summed E-state index contributed by atoms with van der Waals surface area (Å²) in [7, 11) is 0. The van der Waals surface area contributed by atoms with E-state index in [2.05, 4.69) is 30.4 Å². The zero-order chi connectivity index (χ0) is 20.5. The van der Waals surface area contributed by atoms with Crippen LogP contribution in [0.3, 0.4) is 0 Å². The maximum absolute atomic E-state index is 14.5. The summed E-state index contributed by atoms with van der Waals surface area (Å²) in [5.41, 5.74) is 8.01. The Kier molecular flexibility index (Phi) is 4.21. The molecule has 0 aliphatic carbocycles. The van der Waals surface area contributed by atoms with Gasteiger partial charge in [-0.3, -0.25) is 4.98 Å². The third-order valence-corrected chi connectivity index (χ3v) is 4.38. The van der Waals surface area contributed by atoms with E-state index in [1.165, 1.54) is 10.7 Å². The minimum Gasteiger partial charge on any atom is -0.384 e. The quantitative estimate of drug-likeness (QED) is 0.488. The second-order valence-corrected chi connectivity index (χ2v) is 6.28. The Bertz CT molecular complexity index is 1310. The lowest BCUT2D eigenvalue weighted by Gasteiger charge is -2.08. The van der Waals surface area contributed by atoms with Crippen LogP contribution in [0.25, 0.3) is 39.9 Å². The molecule has 0 radical (unpaired) electrons. The fourth-order valence-electron chi connectivity index (χ4n) is 2.96. The molecular weight excluding hydrogens is 387 g/mol. The van der Waals surface area contributed by atoms with Crippen molar-refractivity contribution in [2.75, 3.05) is 5.73 Å². The topological polar surface area (TPSA) is 121 Å². The van der Waals surface area contributed by atoms with Gasteiger partial charge in [0.1, 0.15) is 23.0 Å². The molecule has 2 N–H and O–H groups in total. The van der Waals surface area contributed by atoms with E-state index in [1.807, 2.05) is 0 Å². The number of nitrogens with zero attached hydrogens (tertiary/aromatic N) is 7. The summed E-state index contributed by atoms with van der Waals surface area (Å²) in [6.45, 7) is 0. The maximum Gasteiger partial charge on any atom is 0.281 e. The molecule has 0 aliphatic rings. The molecule has 0 aliphatic heterocycles. The number of benzene rings is 1. The molecule has 0 spiro atoms. The summed E-state index contributed by atoms with van der Waals surface area (Å²) < 4.78 is 21.3. The zero-order valence-electron chi connectivity index (χ0n) is 15.3. The van der Waals surface area contributed by atoms with E-state index in [0.717, 1.165) is 0 Å². The molecule has 5 rings (SSSR count). The Labute approximate surface area is 169 Å². The van der Waals surface area contributed by atoms with E-state index < -0.39 is 5.82 Å². The second-order valence-electron chi connectivity index (χ2n) is 6.28. The highest BCUT2D eigenvalue weighted by Crippen LogP contribution is 2.32. The van der Waals surface area contributed by atoms with Crippen molar-refractivity contribution in [2.24, 2.45) is 0 Å². The third-order valence-electron chi connectivity index (χ3n) is 4.38. The van der Waals surface area contributed by atoms with Gasteiger partial charge in [-0.15, -0.1) is 5.10 Å². The molecule has 0 atom stereocenters. The Morgan fingerprint density at radius 3 is 2.57 bits per heavy atom. The van der Waals surface area contributed by atoms with Crippen LogP contribution >= 0.6 is 0 Å². The number of halogens is 1. The highest BCUT2D eigenvalue weighted by molar-refractivity contribution is 5.76. The number of nitrogens with two attached hydrogens (primary N) is 1. The van der Waals surface area contributed by atoms with Gasteiger partial charge in [0, 0.05) is 29.7 Å². The second kappa shape index (κ2) is 7.17. The van der Waals surface area contributed by atoms with Gasteiger partial charge in [0.2, 0.25) is 5.82 Å². The largest absolute Gasteiger partial charge is 0.384 e. The maximum atomic E-state index is 14.5. The Morgan fingerprint density at radius 1 is 0.967 bits per heavy atom. The fraction of sp³-hybridized carbons (Fsp3) is 0. The van der Waals surface area contributed by atoms with Gasteiger partial charge in [-0.05, 0) is 36.4 Å². The minimum absolute atomic E-state index is 0.135. The van der Waals surface area contributed by atoms with Crippen LogP contribution in [-0.4, -0.2) is 35.1 Å². The Balaban J connectivity index is 1.66. The molecule has 0 amide bonds. The van der Waals surface area contributed by atoms with Crippen LogP contribution < -0.4 is 5.73 Å². The number of rotatable bonds is 4. The van der Waals surface area contributed by atoms with Crippen molar-refractivity contribution in [1.82, 2.24) is 35.1 Å². The first-order valence-electron chi connectivity index (χ1n) is 8.87. The zero-order valence-corrected chi connectivity index (χ0v) is 15.3. The summed E-state index contributed by atoms with van der Waals surface area (Å²) >= 11 is 0.